The van der Waals surface area contributed by atoms with Crippen LogP contribution in [0.2, 0.25) is 5.02 Å². The second-order valence-corrected chi connectivity index (χ2v) is 5.75. The van der Waals surface area contributed by atoms with Gasteiger partial charge in [-0.05, 0) is 52.2 Å². The fraction of sp³-hybridized carbons (Fsp3) is 0.250. The molecule has 0 spiro atoms. The molecule has 0 bridgehead atoms. The zero-order chi connectivity index (χ0) is 14.5. The molecule has 0 heterocycles. The monoisotopic (exact) mass is 355 g/mol. The first-order valence-electron chi connectivity index (χ1n) is 6.54. The third-order valence-corrected chi connectivity index (χ3v) is 4.39. The quantitative estimate of drug-likeness (QED) is 0.782. The Labute approximate surface area is 132 Å². The molecule has 0 aliphatic rings. The molecule has 1 atom stereocenters. The maximum absolute atomic E-state index is 13.7. The molecule has 2 aromatic carbocycles. The van der Waals surface area contributed by atoms with Crippen molar-refractivity contribution in [2.75, 3.05) is 6.54 Å². The highest BCUT2D eigenvalue weighted by atomic mass is 79.9. The van der Waals surface area contributed by atoms with Gasteiger partial charge in [-0.15, -0.1) is 0 Å². The second-order valence-electron chi connectivity index (χ2n) is 4.55. The van der Waals surface area contributed by atoms with E-state index in [0.717, 1.165) is 29.1 Å². The molecule has 1 N–H and O–H groups in total. The van der Waals surface area contributed by atoms with E-state index < -0.39 is 0 Å². The van der Waals surface area contributed by atoms with Gasteiger partial charge in [0, 0.05) is 11.1 Å². The van der Waals surface area contributed by atoms with Crippen molar-refractivity contribution >= 4 is 27.5 Å². The van der Waals surface area contributed by atoms with E-state index in [4.69, 9.17) is 11.6 Å². The molecule has 4 heteroatoms. The van der Waals surface area contributed by atoms with Crippen LogP contribution < -0.4 is 5.32 Å². The van der Waals surface area contributed by atoms with Crippen LogP contribution in [0.15, 0.2) is 46.9 Å². The van der Waals surface area contributed by atoms with Crippen LogP contribution in [-0.4, -0.2) is 6.54 Å². The molecule has 20 heavy (non-hydrogen) atoms. The Morgan fingerprint density at radius 2 is 1.95 bits per heavy atom. The van der Waals surface area contributed by atoms with Gasteiger partial charge in [0.05, 0.1) is 4.47 Å². The molecule has 2 rings (SSSR count). The van der Waals surface area contributed by atoms with E-state index in [1.54, 1.807) is 6.07 Å². The first-order chi connectivity index (χ1) is 9.63. The lowest BCUT2D eigenvalue weighted by atomic mass is 9.98. The van der Waals surface area contributed by atoms with E-state index in [-0.39, 0.29) is 11.9 Å². The standard InChI is InChI=1S/C16H16BrClFN/c1-2-20-15(10-11-6-3-4-8-13(11)18)12-7-5-9-14(19)16(12)17/h3-9,15,20H,2,10H2,1H3. The van der Waals surface area contributed by atoms with Gasteiger partial charge in [0.1, 0.15) is 5.82 Å². The third kappa shape index (κ3) is 3.60. The normalized spacial score (nSPS) is 12.4. The molecule has 0 aliphatic heterocycles. The van der Waals surface area contributed by atoms with Crippen LogP contribution in [-0.2, 0) is 6.42 Å². The predicted molar refractivity (Wildman–Crippen MR) is 85.7 cm³/mol. The van der Waals surface area contributed by atoms with Crippen LogP contribution in [0.4, 0.5) is 4.39 Å². The van der Waals surface area contributed by atoms with Crippen molar-refractivity contribution < 1.29 is 4.39 Å². The zero-order valence-corrected chi connectivity index (χ0v) is 13.5. The molecule has 1 unspecified atom stereocenters. The molecular formula is C16H16BrClFN. The van der Waals surface area contributed by atoms with Gasteiger partial charge >= 0.3 is 0 Å². The number of nitrogens with one attached hydrogen (secondary N) is 1. The number of hydrogen-bond donors (Lipinski definition) is 1. The maximum atomic E-state index is 13.7. The molecule has 106 valence electrons. The summed E-state index contributed by atoms with van der Waals surface area (Å²) in [6, 6.07) is 12.9. The number of likely N-dealkylation sites (N-methyl/N-ethyl adjacent to an activating group) is 1. The van der Waals surface area contributed by atoms with Crippen molar-refractivity contribution in [2.24, 2.45) is 0 Å². The smallest absolute Gasteiger partial charge is 0.137 e. The van der Waals surface area contributed by atoms with Gasteiger partial charge in [-0.3, -0.25) is 0 Å². The van der Waals surface area contributed by atoms with Crippen molar-refractivity contribution in [1.29, 1.82) is 0 Å². The average molecular weight is 357 g/mol. The molecule has 1 nitrogen and oxygen atoms in total. The van der Waals surface area contributed by atoms with Crippen LogP contribution in [0.25, 0.3) is 0 Å². The summed E-state index contributed by atoms with van der Waals surface area (Å²) in [6.45, 7) is 2.84. The summed E-state index contributed by atoms with van der Waals surface area (Å²) in [5, 5.41) is 4.13. The Bertz CT molecular complexity index is 588. The molecule has 0 aliphatic carbocycles. The van der Waals surface area contributed by atoms with Crippen LogP contribution >= 0.6 is 27.5 Å². The summed E-state index contributed by atoms with van der Waals surface area (Å²) in [5.41, 5.74) is 1.96. The summed E-state index contributed by atoms with van der Waals surface area (Å²) >= 11 is 9.55. The molecule has 2 aromatic rings. The van der Waals surface area contributed by atoms with Crippen molar-refractivity contribution in [3.63, 3.8) is 0 Å². The maximum Gasteiger partial charge on any atom is 0.137 e. The van der Waals surface area contributed by atoms with Crippen LogP contribution in [0.5, 0.6) is 0 Å². The van der Waals surface area contributed by atoms with Crippen molar-refractivity contribution in [3.05, 3.63) is 68.9 Å². The van der Waals surface area contributed by atoms with Gasteiger partial charge in [-0.1, -0.05) is 48.9 Å². The zero-order valence-electron chi connectivity index (χ0n) is 11.2. The predicted octanol–water partition coefficient (Wildman–Crippen LogP) is 5.13. The minimum Gasteiger partial charge on any atom is -0.310 e. The number of hydrogen-bond acceptors (Lipinski definition) is 1. The number of benzene rings is 2. The van der Waals surface area contributed by atoms with E-state index >= 15 is 0 Å². The summed E-state index contributed by atoms with van der Waals surface area (Å²) in [6.07, 6.45) is 0.718. The lowest BCUT2D eigenvalue weighted by molar-refractivity contribution is 0.539. The Kier molecular flexibility index (Phi) is 5.58. The van der Waals surface area contributed by atoms with Gasteiger partial charge in [-0.2, -0.15) is 0 Å². The van der Waals surface area contributed by atoms with E-state index in [0.29, 0.717) is 4.47 Å². The molecule has 0 fully saturated rings. The van der Waals surface area contributed by atoms with E-state index in [1.807, 2.05) is 37.3 Å². The van der Waals surface area contributed by atoms with Crippen molar-refractivity contribution in [1.82, 2.24) is 5.32 Å². The average Bonchev–Trinajstić information content (AvgIpc) is 2.44. The highest BCUT2D eigenvalue weighted by Crippen LogP contribution is 2.30. The molecule has 0 radical (unpaired) electrons. The fourth-order valence-electron chi connectivity index (χ4n) is 2.21. The highest BCUT2D eigenvalue weighted by Gasteiger charge is 2.17. The lowest BCUT2D eigenvalue weighted by Crippen LogP contribution is -2.23. The van der Waals surface area contributed by atoms with E-state index in [9.17, 15) is 4.39 Å². The van der Waals surface area contributed by atoms with Crippen LogP contribution in [0.1, 0.15) is 24.1 Å². The van der Waals surface area contributed by atoms with Crippen molar-refractivity contribution in [3.8, 4) is 0 Å². The van der Waals surface area contributed by atoms with E-state index in [2.05, 4.69) is 21.2 Å². The molecule has 0 aromatic heterocycles. The van der Waals surface area contributed by atoms with Crippen LogP contribution in [0, 0.1) is 5.82 Å². The molecule has 0 amide bonds. The highest BCUT2D eigenvalue weighted by molar-refractivity contribution is 9.10. The second kappa shape index (κ2) is 7.21. The summed E-state index contributed by atoms with van der Waals surface area (Å²) < 4.78 is 14.2. The van der Waals surface area contributed by atoms with Gasteiger partial charge in [0.25, 0.3) is 0 Å². The Balaban J connectivity index is 2.32. The van der Waals surface area contributed by atoms with Gasteiger partial charge < -0.3 is 5.32 Å². The SMILES string of the molecule is CCNC(Cc1ccccc1Cl)c1cccc(F)c1Br. The molecular weight excluding hydrogens is 341 g/mol. The molecule has 0 saturated carbocycles. The lowest BCUT2D eigenvalue weighted by Gasteiger charge is -2.20. The molecule has 0 saturated heterocycles. The Hall–Kier alpha value is -0.900. The van der Waals surface area contributed by atoms with Gasteiger partial charge in [0.2, 0.25) is 0 Å². The summed E-state index contributed by atoms with van der Waals surface area (Å²) in [5.74, 6) is -0.246. The Morgan fingerprint density at radius 3 is 2.65 bits per heavy atom. The number of halogens is 3. The number of rotatable bonds is 5. The third-order valence-electron chi connectivity index (χ3n) is 3.19. The minimum absolute atomic E-state index is 0.0185. The van der Waals surface area contributed by atoms with Crippen LogP contribution in [0.3, 0.4) is 0 Å². The van der Waals surface area contributed by atoms with Gasteiger partial charge in [-0.25, -0.2) is 4.39 Å². The fourth-order valence-corrected chi connectivity index (χ4v) is 2.97. The minimum atomic E-state index is -0.246. The van der Waals surface area contributed by atoms with Gasteiger partial charge in [0.15, 0.2) is 0 Å². The Morgan fingerprint density at radius 1 is 1.20 bits per heavy atom. The summed E-state index contributed by atoms with van der Waals surface area (Å²) in [7, 11) is 0. The summed E-state index contributed by atoms with van der Waals surface area (Å²) in [4.78, 5) is 0. The topological polar surface area (TPSA) is 12.0 Å². The largest absolute Gasteiger partial charge is 0.310 e. The van der Waals surface area contributed by atoms with E-state index in [1.165, 1.54) is 6.07 Å². The van der Waals surface area contributed by atoms with Crippen molar-refractivity contribution in [2.45, 2.75) is 19.4 Å². The first-order valence-corrected chi connectivity index (χ1v) is 7.71. The first kappa shape index (κ1) is 15.5.